The molecule has 0 spiro atoms. The van der Waals surface area contributed by atoms with Crippen LogP contribution in [-0.4, -0.2) is 23.4 Å². The van der Waals surface area contributed by atoms with Gasteiger partial charge in [-0.15, -0.1) is 0 Å². The highest BCUT2D eigenvalue weighted by molar-refractivity contribution is 7.08. The Kier molecular flexibility index (Phi) is 5.82. The Morgan fingerprint density at radius 1 is 1.33 bits per heavy atom. The average molecular weight is 307 g/mol. The lowest BCUT2D eigenvalue weighted by atomic mass is 10.0. The molecule has 4 nitrogen and oxygen atoms in total. The Bertz CT molecular complexity index is 562. The highest BCUT2D eigenvalue weighted by Crippen LogP contribution is 2.33. The van der Waals surface area contributed by atoms with Crippen molar-refractivity contribution in [2.75, 3.05) is 13.7 Å². The number of rotatable bonds is 8. The van der Waals surface area contributed by atoms with Crippen LogP contribution in [0.1, 0.15) is 49.6 Å². The fraction of sp³-hybridized carbons (Fsp3) is 0.562. The second-order valence-corrected chi connectivity index (χ2v) is 5.96. The number of hydrogen-bond donors (Lipinski definition) is 1. The van der Waals surface area contributed by atoms with E-state index in [1.54, 1.807) is 18.4 Å². The van der Waals surface area contributed by atoms with Crippen LogP contribution in [0.5, 0.6) is 5.75 Å². The monoisotopic (exact) mass is 307 g/mol. The molecule has 0 aliphatic carbocycles. The molecule has 5 heteroatoms. The maximum Gasteiger partial charge on any atom is 0.161 e. The van der Waals surface area contributed by atoms with Gasteiger partial charge >= 0.3 is 0 Å². The van der Waals surface area contributed by atoms with Gasteiger partial charge < -0.3 is 10.1 Å². The fourth-order valence-electron chi connectivity index (χ4n) is 2.52. The third-order valence-corrected chi connectivity index (χ3v) is 4.46. The standard InChI is InChI=1S/C16H25N3OS/c1-5-7-17-15(13-11-21-10-12(13)3)16-14(20-4)9-18-19(16)8-6-2/h9-11,15,17H,5-8H2,1-4H3. The number of nitrogens with one attached hydrogen (secondary N) is 1. The van der Waals surface area contributed by atoms with Gasteiger partial charge in [0.15, 0.2) is 5.75 Å². The lowest BCUT2D eigenvalue weighted by molar-refractivity contribution is 0.397. The van der Waals surface area contributed by atoms with Crippen LogP contribution in [0.15, 0.2) is 17.0 Å². The molecule has 0 saturated carbocycles. The Morgan fingerprint density at radius 2 is 2.14 bits per heavy atom. The molecular weight excluding hydrogens is 282 g/mol. The third-order valence-electron chi connectivity index (χ3n) is 3.58. The summed E-state index contributed by atoms with van der Waals surface area (Å²) in [6.45, 7) is 8.40. The first-order valence-corrected chi connectivity index (χ1v) is 8.52. The fourth-order valence-corrected chi connectivity index (χ4v) is 3.40. The molecule has 0 aromatic carbocycles. The van der Waals surface area contributed by atoms with Crippen molar-refractivity contribution < 1.29 is 4.74 Å². The highest BCUT2D eigenvalue weighted by Gasteiger charge is 2.24. The number of nitrogens with zero attached hydrogens (tertiary/aromatic N) is 2. The zero-order valence-electron chi connectivity index (χ0n) is 13.3. The zero-order chi connectivity index (χ0) is 15.2. The van der Waals surface area contributed by atoms with Crippen LogP contribution in [0.4, 0.5) is 0 Å². The van der Waals surface area contributed by atoms with E-state index >= 15 is 0 Å². The van der Waals surface area contributed by atoms with Crippen molar-refractivity contribution in [2.45, 2.75) is 46.2 Å². The predicted octanol–water partition coefficient (Wildman–Crippen LogP) is 3.76. The van der Waals surface area contributed by atoms with E-state index in [9.17, 15) is 0 Å². The van der Waals surface area contributed by atoms with Crippen LogP contribution in [0, 0.1) is 6.92 Å². The normalized spacial score (nSPS) is 12.6. The number of aryl methyl sites for hydroxylation is 2. The second kappa shape index (κ2) is 7.61. The quantitative estimate of drug-likeness (QED) is 0.807. The summed E-state index contributed by atoms with van der Waals surface area (Å²) < 4.78 is 7.62. The van der Waals surface area contributed by atoms with Crippen LogP contribution >= 0.6 is 11.3 Å². The SMILES string of the molecule is CCCNC(c1cscc1C)c1c(OC)cnn1CCC. The average Bonchev–Trinajstić information content (AvgIpc) is 3.08. The number of thiophene rings is 1. The lowest BCUT2D eigenvalue weighted by Gasteiger charge is -2.21. The van der Waals surface area contributed by atoms with E-state index in [4.69, 9.17) is 4.74 Å². The van der Waals surface area contributed by atoms with Crippen LogP contribution in [-0.2, 0) is 6.54 Å². The Labute approximate surface area is 131 Å². The smallest absolute Gasteiger partial charge is 0.161 e. The van der Waals surface area contributed by atoms with Crippen molar-refractivity contribution in [3.63, 3.8) is 0 Å². The zero-order valence-corrected chi connectivity index (χ0v) is 14.2. The first kappa shape index (κ1) is 16.0. The molecule has 21 heavy (non-hydrogen) atoms. The number of hydrogen-bond acceptors (Lipinski definition) is 4. The van der Waals surface area contributed by atoms with Gasteiger partial charge in [0.05, 0.1) is 19.3 Å². The van der Waals surface area contributed by atoms with Crippen LogP contribution in [0.3, 0.4) is 0 Å². The minimum absolute atomic E-state index is 0.139. The maximum atomic E-state index is 5.55. The van der Waals surface area contributed by atoms with Gasteiger partial charge in [-0.05, 0) is 48.2 Å². The Hall–Kier alpha value is -1.33. The molecular formula is C16H25N3OS. The van der Waals surface area contributed by atoms with Gasteiger partial charge in [-0.3, -0.25) is 4.68 Å². The van der Waals surface area contributed by atoms with E-state index in [2.05, 4.69) is 46.6 Å². The van der Waals surface area contributed by atoms with Crippen LogP contribution in [0.2, 0.25) is 0 Å². The molecule has 2 heterocycles. The van der Waals surface area contributed by atoms with Crippen LogP contribution < -0.4 is 10.1 Å². The Morgan fingerprint density at radius 3 is 2.71 bits per heavy atom. The number of ether oxygens (including phenoxy) is 1. The first-order chi connectivity index (χ1) is 10.2. The molecule has 0 radical (unpaired) electrons. The molecule has 116 valence electrons. The molecule has 0 aliphatic rings. The van der Waals surface area contributed by atoms with E-state index < -0.39 is 0 Å². The molecule has 2 rings (SSSR count). The summed E-state index contributed by atoms with van der Waals surface area (Å²) in [6.07, 6.45) is 3.98. The molecule has 0 saturated heterocycles. The molecule has 2 aromatic rings. The molecule has 1 N–H and O–H groups in total. The van der Waals surface area contributed by atoms with Gasteiger partial charge in [0.25, 0.3) is 0 Å². The molecule has 0 bridgehead atoms. The summed E-state index contributed by atoms with van der Waals surface area (Å²) in [5.41, 5.74) is 3.78. The van der Waals surface area contributed by atoms with Gasteiger partial charge in [0.2, 0.25) is 0 Å². The van der Waals surface area contributed by atoms with Gasteiger partial charge in [-0.25, -0.2) is 0 Å². The molecule has 1 unspecified atom stereocenters. The summed E-state index contributed by atoms with van der Waals surface area (Å²) in [7, 11) is 1.72. The minimum atomic E-state index is 0.139. The number of aromatic nitrogens is 2. The van der Waals surface area contributed by atoms with Crippen molar-refractivity contribution in [3.8, 4) is 5.75 Å². The summed E-state index contributed by atoms with van der Waals surface area (Å²) in [4.78, 5) is 0. The second-order valence-electron chi connectivity index (χ2n) is 5.22. The highest BCUT2D eigenvalue weighted by atomic mass is 32.1. The topological polar surface area (TPSA) is 39.1 Å². The predicted molar refractivity (Wildman–Crippen MR) is 88.3 cm³/mol. The third kappa shape index (κ3) is 3.47. The summed E-state index contributed by atoms with van der Waals surface area (Å²) in [6, 6.07) is 0.139. The molecule has 0 aliphatic heterocycles. The lowest BCUT2D eigenvalue weighted by Crippen LogP contribution is -2.26. The van der Waals surface area contributed by atoms with Crippen molar-refractivity contribution in [1.29, 1.82) is 0 Å². The van der Waals surface area contributed by atoms with E-state index in [1.807, 2.05) is 6.20 Å². The molecule has 0 amide bonds. The molecule has 0 fully saturated rings. The van der Waals surface area contributed by atoms with Crippen molar-refractivity contribution in [2.24, 2.45) is 0 Å². The van der Waals surface area contributed by atoms with Gasteiger partial charge in [-0.2, -0.15) is 16.4 Å². The Balaban J connectivity index is 2.45. The minimum Gasteiger partial charge on any atom is -0.493 e. The first-order valence-electron chi connectivity index (χ1n) is 7.58. The van der Waals surface area contributed by atoms with E-state index in [0.717, 1.165) is 37.4 Å². The summed E-state index contributed by atoms with van der Waals surface area (Å²) in [5.74, 6) is 0.864. The van der Waals surface area contributed by atoms with E-state index in [0.29, 0.717) is 0 Å². The van der Waals surface area contributed by atoms with Gasteiger partial charge in [0.1, 0.15) is 5.69 Å². The van der Waals surface area contributed by atoms with Gasteiger partial charge in [0, 0.05) is 6.54 Å². The van der Waals surface area contributed by atoms with Crippen LogP contribution in [0.25, 0.3) is 0 Å². The van der Waals surface area contributed by atoms with E-state index in [1.165, 1.54) is 11.1 Å². The summed E-state index contributed by atoms with van der Waals surface area (Å²) >= 11 is 1.75. The van der Waals surface area contributed by atoms with Gasteiger partial charge in [-0.1, -0.05) is 13.8 Å². The number of methoxy groups -OCH3 is 1. The van der Waals surface area contributed by atoms with Crippen molar-refractivity contribution in [1.82, 2.24) is 15.1 Å². The maximum absolute atomic E-state index is 5.55. The van der Waals surface area contributed by atoms with E-state index in [-0.39, 0.29) is 6.04 Å². The van der Waals surface area contributed by atoms with Crippen molar-refractivity contribution >= 4 is 11.3 Å². The molecule has 2 aromatic heterocycles. The van der Waals surface area contributed by atoms with Crippen molar-refractivity contribution in [3.05, 3.63) is 33.8 Å². The largest absolute Gasteiger partial charge is 0.493 e. The summed E-state index contributed by atoms with van der Waals surface area (Å²) in [5, 5.41) is 12.6. The molecule has 1 atom stereocenters.